The summed E-state index contributed by atoms with van der Waals surface area (Å²) in [6.07, 6.45) is 3.07. The largest absolute Gasteiger partial charge is 0.298 e. The summed E-state index contributed by atoms with van der Waals surface area (Å²) in [4.78, 5) is 14.1. The van der Waals surface area contributed by atoms with Crippen LogP contribution in [0.4, 0.5) is 0 Å². The molecule has 1 aliphatic carbocycles. The van der Waals surface area contributed by atoms with E-state index in [0.717, 1.165) is 12.8 Å². The van der Waals surface area contributed by atoms with Crippen LogP contribution in [-0.2, 0) is 4.79 Å². The van der Waals surface area contributed by atoms with E-state index >= 15 is 0 Å². The summed E-state index contributed by atoms with van der Waals surface area (Å²) in [6, 6.07) is 11.6. The predicted molar refractivity (Wildman–Crippen MR) is 63.1 cm³/mol. The lowest BCUT2D eigenvalue weighted by Crippen LogP contribution is -2.16. The standard InChI is InChI=1S/C14H17NO/c1-10(11-6-3-2-4-7-11)15-12-8-5-9-13(16)14(12)15/h2-4,6-7,10,12,14H,5,8-9H2,1H3/t10-,12?,14?,15?/m1/s1. The van der Waals surface area contributed by atoms with E-state index in [0.29, 0.717) is 17.9 Å². The molecule has 2 fully saturated rings. The van der Waals surface area contributed by atoms with E-state index in [4.69, 9.17) is 0 Å². The average molecular weight is 215 g/mol. The second kappa shape index (κ2) is 3.70. The van der Waals surface area contributed by atoms with Crippen LogP contribution in [0, 0.1) is 0 Å². The third-order valence-electron chi connectivity index (χ3n) is 3.96. The maximum Gasteiger partial charge on any atom is 0.151 e. The van der Waals surface area contributed by atoms with Crippen molar-refractivity contribution in [2.75, 3.05) is 0 Å². The Morgan fingerprint density at radius 2 is 2.06 bits per heavy atom. The van der Waals surface area contributed by atoms with Gasteiger partial charge in [0.1, 0.15) is 0 Å². The van der Waals surface area contributed by atoms with Crippen LogP contribution in [0.5, 0.6) is 0 Å². The van der Waals surface area contributed by atoms with Crippen LogP contribution in [0.1, 0.15) is 37.8 Å². The van der Waals surface area contributed by atoms with Gasteiger partial charge in [0.25, 0.3) is 0 Å². The topological polar surface area (TPSA) is 20.1 Å². The smallest absolute Gasteiger partial charge is 0.151 e. The van der Waals surface area contributed by atoms with Crippen LogP contribution in [0.25, 0.3) is 0 Å². The Morgan fingerprint density at radius 1 is 1.31 bits per heavy atom. The molecule has 0 spiro atoms. The van der Waals surface area contributed by atoms with Crippen LogP contribution in [-0.4, -0.2) is 22.8 Å². The molecule has 0 N–H and O–H groups in total. The van der Waals surface area contributed by atoms with Crippen LogP contribution in [0.2, 0.25) is 0 Å². The van der Waals surface area contributed by atoms with Gasteiger partial charge in [-0.25, -0.2) is 0 Å². The number of fused-ring (bicyclic) bond motifs is 1. The minimum absolute atomic E-state index is 0.240. The molecule has 84 valence electrons. The van der Waals surface area contributed by atoms with Crippen molar-refractivity contribution in [3.05, 3.63) is 35.9 Å². The van der Waals surface area contributed by atoms with Gasteiger partial charge in [-0.05, 0) is 25.3 Å². The molecule has 3 rings (SSSR count). The Hall–Kier alpha value is -1.15. The van der Waals surface area contributed by atoms with E-state index in [-0.39, 0.29) is 6.04 Å². The second-order valence-electron chi connectivity index (χ2n) is 4.90. The van der Waals surface area contributed by atoms with Gasteiger partial charge in [-0.15, -0.1) is 0 Å². The summed E-state index contributed by atoms with van der Waals surface area (Å²) >= 11 is 0. The van der Waals surface area contributed by atoms with Gasteiger partial charge in [-0.2, -0.15) is 0 Å². The van der Waals surface area contributed by atoms with Crippen molar-refractivity contribution in [1.82, 2.24) is 4.90 Å². The molecule has 1 heterocycles. The van der Waals surface area contributed by atoms with Crippen molar-refractivity contribution >= 4 is 5.78 Å². The van der Waals surface area contributed by atoms with E-state index < -0.39 is 0 Å². The molecule has 1 aliphatic heterocycles. The van der Waals surface area contributed by atoms with E-state index in [9.17, 15) is 4.79 Å². The molecule has 2 heteroatoms. The quantitative estimate of drug-likeness (QED) is 0.706. The van der Waals surface area contributed by atoms with Crippen molar-refractivity contribution in [3.63, 3.8) is 0 Å². The molecule has 0 bridgehead atoms. The Balaban J connectivity index is 1.78. The van der Waals surface area contributed by atoms with Crippen molar-refractivity contribution in [2.24, 2.45) is 0 Å². The van der Waals surface area contributed by atoms with Gasteiger partial charge in [-0.3, -0.25) is 9.69 Å². The molecule has 1 saturated heterocycles. The molecule has 0 aromatic heterocycles. The SMILES string of the molecule is C[C@H](c1ccccc1)N1C2CCCC(=O)C21. The predicted octanol–water partition coefficient (Wildman–Crippen LogP) is 2.55. The number of hydrogen-bond acceptors (Lipinski definition) is 2. The summed E-state index contributed by atoms with van der Waals surface area (Å²) in [5, 5.41) is 0. The fourth-order valence-electron chi connectivity index (χ4n) is 3.05. The minimum atomic E-state index is 0.240. The average Bonchev–Trinajstić information content (AvgIpc) is 3.05. The number of benzene rings is 1. The molecular weight excluding hydrogens is 198 g/mol. The molecule has 16 heavy (non-hydrogen) atoms. The first-order valence-corrected chi connectivity index (χ1v) is 6.14. The summed E-state index contributed by atoms with van der Waals surface area (Å²) < 4.78 is 0. The van der Waals surface area contributed by atoms with E-state index in [1.165, 1.54) is 12.0 Å². The maximum absolute atomic E-state index is 11.7. The third kappa shape index (κ3) is 1.49. The van der Waals surface area contributed by atoms with Crippen LogP contribution in [0.3, 0.4) is 0 Å². The molecule has 4 atom stereocenters. The molecule has 0 radical (unpaired) electrons. The number of nitrogens with zero attached hydrogens (tertiary/aromatic N) is 1. The number of Topliss-reactive ketones (excluding diaryl/α,β-unsaturated/α-hetero) is 1. The van der Waals surface area contributed by atoms with Crippen molar-refractivity contribution in [3.8, 4) is 0 Å². The van der Waals surface area contributed by atoms with Crippen LogP contribution >= 0.6 is 0 Å². The highest BCUT2D eigenvalue weighted by atomic mass is 16.1. The van der Waals surface area contributed by atoms with Crippen LogP contribution < -0.4 is 0 Å². The normalized spacial score (nSPS) is 34.3. The van der Waals surface area contributed by atoms with Gasteiger partial charge < -0.3 is 0 Å². The highest BCUT2D eigenvalue weighted by Gasteiger charge is 2.55. The zero-order valence-electron chi connectivity index (χ0n) is 9.60. The van der Waals surface area contributed by atoms with Gasteiger partial charge in [0, 0.05) is 18.5 Å². The molecule has 1 aromatic rings. The Bertz CT molecular complexity index is 400. The van der Waals surface area contributed by atoms with Crippen LogP contribution in [0.15, 0.2) is 30.3 Å². The summed E-state index contributed by atoms with van der Waals surface area (Å²) in [5.41, 5.74) is 1.32. The lowest BCUT2D eigenvalue weighted by molar-refractivity contribution is -0.120. The van der Waals surface area contributed by atoms with Crippen molar-refractivity contribution < 1.29 is 4.79 Å². The highest BCUT2D eigenvalue weighted by molar-refractivity contribution is 5.88. The third-order valence-corrected chi connectivity index (χ3v) is 3.96. The fourth-order valence-corrected chi connectivity index (χ4v) is 3.05. The number of carbonyl (C=O) groups is 1. The lowest BCUT2D eigenvalue weighted by Gasteiger charge is -2.14. The van der Waals surface area contributed by atoms with Gasteiger partial charge in [0.2, 0.25) is 0 Å². The molecule has 2 aliphatic rings. The minimum Gasteiger partial charge on any atom is -0.298 e. The highest BCUT2D eigenvalue weighted by Crippen LogP contribution is 2.44. The molecule has 3 unspecified atom stereocenters. The summed E-state index contributed by atoms with van der Waals surface area (Å²) in [6.45, 7) is 2.21. The monoisotopic (exact) mass is 215 g/mol. The van der Waals surface area contributed by atoms with Gasteiger partial charge in [-0.1, -0.05) is 30.3 Å². The van der Waals surface area contributed by atoms with Gasteiger partial charge in [0.05, 0.1) is 6.04 Å². The van der Waals surface area contributed by atoms with E-state index in [1.807, 2.05) is 6.07 Å². The number of carbonyl (C=O) groups excluding carboxylic acids is 1. The van der Waals surface area contributed by atoms with Crippen molar-refractivity contribution in [2.45, 2.75) is 44.3 Å². The fraction of sp³-hybridized carbons (Fsp3) is 0.500. The molecular formula is C14H17NO. The second-order valence-corrected chi connectivity index (χ2v) is 4.90. The number of likely N-dealkylation sites (tertiary alicyclic amines) is 1. The Kier molecular flexibility index (Phi) is 2.32. The van der Waals surface area contributed by atoms with Gasteiger partial charge >= 0.3 is 0 Å². The number of rotatable bonds is 2. The number of ketones is 1. The van der Waals surface area contributed by atoms with E-state index in [1.54, 1.807) is 0 Å². The molecule has 1 aromatic carbocycles. The summed E-state index contributed by atoms with van der Waals surface area (Å²) in [5.74, 6) is 0.457. The Morgan fingerprint density at radius 3 is 2.75 bits per heavy atom. The zero-order chi connectivity index (χ0) is 11.1. The summed E-state index contributed by atoms with van der Waals surface area (Å²) in [7, 11) is 0. The first kappa shape index (κ1) is 10.0. The van der Waals surface area contributed by atoms with Crippen molar-refractivity contribution in [1.29, 1.82) is 0 Å². The molecule has 1 saturated carbocycles. The van der Waals surface area contributed by atoms with Gasteiger partial charge in [0.15, 0.2) is 5.78 Å². The molecule has 2 nitrogen and oxygen atoms in total. The Labute approximate surface area is 96.3 Å². The first-order chi connectivity index (χ1) is 7.79. The zero-order valence-corrected chi connectivity index (χ0v) is 9.60. The first-order valence-electron chi connectivity index (χ1n) is 6.14. The maximum atomic E-state index is 11.7. The molecule has 0 amide bonds. The lowest BCUT2D eigenvalue weighted by atomic mass is 10.00. The number of hydrogen-bond donors (Lipinski definition) is 0. The van der Waals surface area contributed by atoms with E-state index in [2.05, 4.69) is 36.1 Å².